The third-order valence-corrected chi connectivity index (χ3v) is 7.10. The Morgan fingerprint density at radius 3 is 2.61 bits per heavy atom. The van der Waals surface area contributed by atoms with Crippen molar-refractivity contribution in [3.63, 3.8) is 0 Å². The number of halogens is 2. The van der Waals surface area contributed by atoms with E-state index in [-0.39, 0.29) is 22.2 Å². The molecule has 1 aliphatic rings. The van der Waals surface area contributed by atoms with E-state index in [9.17, 15) is 18.0 Å². The number of primary sulfonamides is 1. The zero-order valence-electron chi connectivity index (χ0n) is 14.7. The molecule has 1 aromatic carbocycles. The van der Waals surface area contributed by atoms with E-state index in [0.29, 0.717) is 10.6 Å². The van der Waals surface area contributed by atoms with Gasteiger partial charge in [-0.2, -0.15) is 0 Å². The van der Waals surface area contributed by atoms with E-state index in [1.165, 1.54) is 11.3 Å². The normalized spacial score (nSPS) is 13.3. The van der Waals surface area contributed by atoms with Crippen molar-refractivity contribution in [3.05, 3.63) is 43.7 Å². The van der Waals surface area contributed by atoms with Crippen molar-refractivity contribution in [1.29, 1.82) is 0 Å². The summed E-state index contributed by atoms with van der Waals surface area (Å²) in [6.07, 6.45) is 2.48. The summed E-state index contributed by atoms with van der Waals surface area (Å²) in [4.78, 5) is 25.8. The Balaban J connectivity index is 2.00. The Morgan fingerprint density at radius 2 is 1.96 bits per heavy atom. The molecule has 7 nitrogen and oxygen atoms in total. The number of aryl methyl sites for hydroxylation is 1. The van der Waals surface area contributed by atoms with Gasteiger partial charge in [0.1, 0.15) is 9.90 Å². The highest BCUT2D eigenvalue weighted by Gasteiger charge is 2.29. The van der Waals surface area contributed by atoms with Gasteiger partial charge >= 0.3 is 5.97 Å². The van der Waals surface area contributed by atoms with E-state index in [2.05, 4.69) is 5.32 Å². The van der Waals surface area contributed by atoms with Gasteiger partial charge in [0.25, 0.3) is 5.91 Å². The van der Waals surface area contributed by atoms with Crippen LogP contribution in [0.2, 0.25) is 10.0 Å². The molecule has 0 spiro atoms. The molecule has 1 aromatic heterocycles. The lowest BCUT2D eigenvalue weighted by molar-refractivity contribution is 0.0527. The monoisotopic (exact) mass is 462 g/mol. The van der Waals surface area contributed by atoms with Crippen molar-refractivity contribution in [2.45, 2.75) is 31.1 Å². The predicted octanol–water partition coefficient (Wildman–Crippen LogP) is 3.62. The lowest BCUT2D eigenvalue weighted by atomic mass is 10.1. The van der Waals surface area contributed by atoms with E-state index in [0.717, 1.165) is 41.8 Å². The molecular formula is C17H16Cl2N2O5S2. The number of amides is 1. The topological polar surface area (TPSA) is 116 Å². The first-order chi connectivity index (χ1) is 13.1. The molecule has 1 heterocycles. The van der Waals surface area contributed by atoms with E-state index >= 15 is 0 Å². The number of benzene rings is 1. The van der Waals surface area contributed by atoms with Crippen molar-refractivity contribution < 1.29 is 22.7 Å². The number of fused-ring (bicyclic) bond motifs is 1. The standard InChI is InChI=1S/C17H16Cl2N2O5S2/c1-2-26-17(23)14-8-4-3-5-12(8)27-16(14)21-15(22)9-6-13(28(20,24)25)11(19)7-10(9)18/h6-7H,2-5H2,1H3,(H,21,22)(H2,20,24,25). The summed E-state index contributed by atoms with van der Waals surface area (Å²) >= 11 is 13.2. The van der Waals surface area contributed by atoms with Gasteiger partial charge in [-0.15, -0.1) is 11.3 Å². The number of hydrogen-bond donors (Lipinski definition) is 2. The minimum Gasteiger partial charge on any atom is -0.462 e. The highest BCUT2D eigenvalue weighted by Crippen LogP contribution is 2.40. The second-order valence-electron chi connectivity index (χ2n) is 6.04. The van der Waals surface area contributed by atoms with Crippen molar-refractivity contribution >= 4 is 61.4 Å². The lowest BCUT2D eigenvalue weighted by Crippen LogP contribution is -2.18. The second kappa shape index (κ2) is 8.00. The lowest BCUT2D eigenvalue weighted by Gasteiger charge is -2.10. The maximum atomic E-state index is 12.8. The zero-order chi connectivity index (χ0) is 20.6. The first kappa shape index (κ1) is 21.1. The molecular weight excluding hydrogens is 447 g/mol. The molecule has 0 atom stereocenters. The summed E-state index contributed by atoms with van der Waals surface area (Å²) in [6, 6.07) is 2.15. The molecule has 11 heteroatoms. The van der Waals surface area contributed by atoms with Gasteiger partial charge in [-0.1, -0.05) is 23.2 Å². The van der Waals surface area contributed by atoms with Gasteiger partial charge in [0.2, 0.25) is 10.0 Å². The van der Waals surface area contributed by atoms with Gasteiger partial charge in [0.15, 0.2) is 0 Å². The summed E-state index contributed by atoms with van der Waals surface area (Å²) < 4.78 is 28.5. The molecule has 2 aromatic rings. The average molecular weight is 463 g/mol. The largest absolute Gasteiger partial charge is 0.462 e. The van der Waals surface area contributed by atoms with Crippen LogP contribution < -0.4 is 10.5 Å². The molecule has 0 unspecified atom stereocenters. The molecule has 0 saturated carbocycles. The summed E-state index contributed by atoms with van der Waals surface area (Å²) in [7, 11) is -4.15. The molecule has 0 saturated heterocycles. The number of carbonyl (C=O) groups is 2. The van der Waals surface area contributed by atoms with Gasteiger partial charge in [0, 0.05) is 4.88 Å². The first-order valence-corrected chi connectivity index (χ1v) is 11.4. The van der Waals surface area contributed by atoms with Gasteiger partial charge < -0.3 is 10.1 Å². The molecule has 0 bridgehead atoms. The quantitative estimate of drug-likeness (QED) is 0.658. The Morgan fingerprint density at radius 1 is 1.25 bits per heavy atom. The van der Waals surface area contributed by atoms with Crippen LogP contribution in [-0.2, 0) is 27.6 Å². The van der Waals surface area contributed by atoms with Crippen LogP contribution >= 0.6 is 34.5 Å². The van der Waals surface area contributed by atoms with Crippen LogP contribution in [0.5, 0.6) is 0 Å². The van der Waals surface area contributed by atoms with Crippen molar-refractivity contribution in [1.82, 2.24) is 0 Å². The molecule has 1 aliphatic carbocycles. The first-order valence-electron chi connectivity index (χ1n) is 8.28. The van der Waals surface area contributed by atoms with E-state index in [1.54, 1.807) is 6.92 Å². The summed E-state index contributed by atoms with van der Waals surface area (Å²) in [5, 5.41) is 7.89. The van der Waals surface area contributed by atoms with Crippen LogP contribution in [0.1, 0.15) is 44.5 Å². The number of thiophene rings is 1. The van der Waals surface area contributed by atoms with Gasteiger partial charge in [0.05, 0.1) is 27.8 Å². The molecule has 1 amide bonds. The number of sulfonamides is 1. The number of nitrogens with two attached hydrogens (primary N) is 1. The highest BCUT2D eigenvalue weighted by molar-refractivity contribution is 7.89. The van der Waals surface area contributed by atoms with Crippen molar-refractivity contribution in [2.24, 2.45) is 5.14 Å². The predicted molar refractivity (Wildman–Crippen MR) is 108 cm³/mol. The summed E-state index contributed by atoms with van der Waals surface area (Å²) in [6.45, 7) is 1.91. The van der Waals surface area contributed by atoms with E-state index in [4.69, 9.17) is 33.1 Å². The number of hydrogen-bond acceptors (Lipinski definition) is 6. The van der Waals surface area contributed by atoms with Gasteiger partial charge in [-0.05, 0) is 43.9 Å². The number of nitrogens with one attached hydrogen (secondary N) is 1. The van der Waals surface area contributed by atoms with Crippen LogP contribution in [-0.4, -0.2) is 26.9 Å². The minimum atomic E-state index is -4.15. The number of esters is 1. The molecule has 150 valence electrons. The van der Waals surface area contributed by atoms with Crippen molar-refractivity contribution in [3.8, 4) is 0 Å². The Hall–Kier alpha value is -1.65. The van der Waals surface area contributed by atoms with Crippen LogP contribution in [0.25, 0.3) is 0 Å². The fourth-order valence-electron chi connectivity index (χ4n) is 3.00. The van der Waals surface area contributed by atoms with Gasteiger partial charge in [-0.25, -0.2) is 18.4 Å². The fraction of sp³-hybridized carbons (Fsp3) is 0.294. The summed E-state index contributed by atoms with van der Waals surface area (Å²) in [5.74, 6) is -1.19. The van der Waals surface area contributed by atoms with Crippen LogP contribution in [0, 0.1) is 0 Å². The average Bonchev–Trinajstić information content (AvgIpc) is 3.13. The second-order valence-corrected chi connectivity index (χ2v) is 9.49. The van der Waals surface area contributed by atoms with Crippen LogP contribution in [0.4, 0.5) is 5.00 Å². The zero-order valence-corrected chi connectivity index (χ0v) is 17.8. The van der Waals surface area contributed by atoms with E-state index in [1.807, 2.05) is 0 Å². The van der Waals surface area contributed by atoms with Crippen LogP contribution in [0.15, 0.2) is 17.0 Å². The number of carbonyl (C=O) groups excluding carboxylic acids is 2. The number of rotatable bonds is 5. The maximum Gasteiger partial charge on any atom is 0.341 e. The minimum absolute atomic E-state index is 0.0447. The molecule has 3 rings (SSSR count). The smallest absolute Gasteiger partial charge is 0.341 e. The number of ether oxygens (including phenoxy) is 1. The number of anilines is 1. The molecule has 0 aliphatic heterocycles. The third-order valence-electron chi connectivity index (χ3n) is 4.20. The SMILES string of the molecule is CCOC(=O)c1c(NC(=O)c2cc(S(N)(=O)=O)c(Cl)cc2Cl)sc2c1CCC2. The maximum absolute atomic E-state index is 12.8. The molecule has 28 heavy (non-hydrogen) atoms. The summed E-state index contributed by atoms with van der Waals surface area (Å²) in [5.41, 5.74) is 1.09. The fourth-order valence-corrected chi connectivity index (χ4v) is 5.68. The third kappa shape index (κ3) is 4.04. The van der Waals surface area contributed by atoms with Gasteiger partial charge in [-0.3, -0.25) is 4.79 Å². The highest BCUT2D eigenvalue weighted by atomic mass is 35.5. The molecule has 0 fully saturated rings. The van der Waals surface area contributed by atoms with Crippen molar-refractivity contribution in [2.75, 3.05) is 11.9 Å². The van der Waals surface area contributed by atoms with E-state index < -0.39 is 26.8 Å². The molecule has 3 N–H and O–H groups in total. The Kier molecular flexibility index (Phi) is 6.02. The van der Waals surface area contributed by atoms with Crippen LogP contribution in [0.3, 0.4) is 0 Å². The molecule has 0 radical (unpaired) electrons. The Bertz CT molecular complexity index is 1080. The Labute approximate surface area is 175 Å².